The van der Waals surface area contributed by atoms with E-state index in [1.54, 1.807) is 0 Å². The van der Waals surface area contributed by atoms with Crippen LogP contribution in [0.5, 0.6) is 5.75 Å². The van der Waals surface area contributed by atoms with Gasteiger partial charge in [0.25, 0.3) is 0 Å². The van der Waals surface area contributed by atoms with Gasteiger partial charge >= 0.3 is 8.60 Å². The smallest absolute Gasteiger partial charge is 0.391 e. The van der Waals surface area contributed by atoms with Crippen molar-refractivity contribution in [1.82, 2.24) is 0 Å². The minimum atomic E-state index is -2.71. The van der Waals surface area contributed by atoms with Gasteiger partial charge in [-0.2, -0.15) is 4.39 Å². The Morgan fingerprint density at radius 1 is 1.25 bits per heavy atom. The van der Waals surface area contributed by atoms with Gasteiger partial charge in [0, 0.05) is 0 Å². The number of hydrogen-bond donors (Lipinski definition) is 2. The first kappa shape index (κ1) is 9.32. The van der Waals surface area contributed by atoms with Crippen molar-refractivity contribution >= 4 is 8.60 Å². The third kappa shape index (κ3) is 2.11. The summed E-state index contributed by atoms with van der Waals surface area (Å²) in [4.78, 5) is 16.7. The van der Waals surface area contributed by atoms with Crippen LogP contribution in [0.3, 0.4) is 0 Å². The SMILES string of the molecule is OP(O)Oc1cccc(F)c1F. The molecule has 0 saturated heterocycles. The number of hydrogen-bond acceptors (Lipinski definition) is 3. The Balaban J connectivity index is 2.92. The summed E-state index contributed by atoms with van der Waals surface area (Å²) in [5, 5.41) is 0. The number of halogens is 2. The van der Waals surface area contributed by atoms with Crippen molar-refractivity contribution in [3.63, 3.8) is 0 Å². The Morgan fingerprint density at radius 3 is 2.50 bits per heavy atom. The molecule has 0 fully saturated rings. The minimum absolute atomic E-state index is 0.508. The van der Waals surface area contributed by atoms with E-state index in [2.05, 4.69) is 4.52 Å². The summed E-state index contributed by atoms with van der Waals surface area (Å²) < 4.78 is 29.3. The highest BCUT2D eigenvalue weighted by atomic mass is 31.2. The molecule has 0 saturated carbocycles. The molecule has 0 unspecified atom stereocenters. The predicted molar refractivity (Wildman–Crippen MR) is 38.3 cm³/mol. The molecule has 0 amide bonds. The van der Waals surface area contributed by atoms with Gasteiger partial charge in [-0.05, 0) is 12.1 Å². The molecule has 66 valence electrons. The van der Waals surface area contributed by atoms with Crippen molar-refractivity contribution in [3.8, 4) is 5.75 Å². The van der Waals surface area contributed by atoms with Gasteiger partial charge in [0.1, 0.15) is 0 Å². The molecule has 6 heteroatoms. The van der Waals surface area contributed by atoms with Crippen LogP contribution in [0.1, 0.15) is 0 Å². The zero-order valence-electron chi connectivity index (χ0n) is 5.74. The standard InChI is InChI=1S/C6H5F2O3P/c7-4-2-1-3-5(6(4)8)11-12(9)10/h1-3,9-10H. The highest BCUT2D eigenvalue weighted by Crippen LogP contribution is 2.31. The van der Waals surface area contributed by atoms with Gasteiger partial charge in [-0.15, -0.1) is 0 Å². The average Bonchev–Trinajstić information content (AvgIpc) is 1.98. The van der Waals surface area contributed by atoms with Crippen molar-refractivity contribution in [1.29, 1.82) is 0 Å². The highest BCUT2D eigenvalue weighted by Gasteiger charge is 2.11. The van der Waals surface area contributed by atoms with Crippen LogP contribution in [0.15, 0.2) is 18.2 Å². The van der Waals surface area contributed by atoms with Gasteiger partial charge in [-0.3, -0.25) is 0 Å². The first-order valence-electron chi connectivity index (χ1n) is 2.91. The Morgan fingerprint density at radius 2 is 1.92 bits per heavy atom. The average molecular weight is 194 g/mol. The largest absolute Gasteiger partial charge is 0.424 e. The third-order valence-electron chi connectivity index (χ3n) is 1.10. The maximum atomic E-state index is 12.7. The monoisotopic (exact) mass is 194 g/mol. The van der Waals surface area contributed by atoms with Gasteiger partial charge in [0.2, 0.25) is 5.82 Å². The molecule has 0 aliphatic rings. The summed E-state index contributed by atoms with van der Waals surface area (Å²) in [7, 11) is -2.71. The number of rotatable bonds is 2. The molecule has 1 aromatic rings. The van der Waals surface area contributed by atoms with Crippen molar-refractivity contribution in [3.05, 3.63) is 29.8 Å². The van der Waals surface area contributed by atoms with E-state index in [4.69, 9.17) is 9.79 Å². The Hall–Kier alpha value is -0.770. The molecule has 0 aromatic heterocycles. The molecule has 1 aromatic carbocycles. The van der Waals surface area contributed by atoms with Crippen LogP contribution < -0.4 is 4.52 Å². The maximum Gasteiger partial charge on any atom is 0.391 e. The van der Waals surface area contributed by atoms with Crippen molar-refractivity contribution in [2.45, 2.75) is 0 Å². The summed E-state index contributed by atoms with van der Waals surface area (Å²) in [6.07, 6.45) is 0. The summed E-state index contributed by atoms with van der Waals surface area (Å²) in [6, 6.07) is 3.20. The summed E-state index contributed by atoms with van der Waals surface area (Å²) in [5.41, 5.74) is 0. The predicted octanol–water partition coefficient (Wildman–Crippen LogP) is 1.56. The molecule has 2 N–H and O–H groups in total. The van der Waals surface area contributed by atoms with Gasteiger partial charge in [0.05, 0.1) is 0 Å². The zero-order chi connectivity index (χ0) is 9.14. The van der Waals surface area contributed by atoms with Crippen LogP contribution in [-0.2, 0) is 0 Å². The van der Waals surface area contributed by atoms with E-state index in [9.17, 15) is 8.78 Å². The molecule has 0 bridgehead atoms. The van der Waals surface area contributed by atoms with Crippen molar-refractivity contribution < 1.29 is 23.1 Å². The van der Waals surface area contributed by atoms with Gasteiger partial charge < -0.3 is 14.3 Å². The molecule has 0 aliphatic heterocycles. The first-order valence-corrected chi connectivity index (χ1v) is 4.07. The second kappa shape index (κ2) is 3.76. The molecule has 0 radical (unpaired) electrons. The topological polar surface area (TPSA) is 49.7 Å². The Kier molecular flexibility index (Phi) is 2.92. The minimum Gasteiger partial charge on any atom is -0.424 e. The number of benzene rings is 1. The first-order chi connectivity index (χ1) is 5.61. The summed E-state index contributed by atoms with van der Waals surface area (Å²) in [6.45, 7) is 0. The molecular formula is C6H5F2O3P. The summed E-state index contributed by atoms with van der Waals surface area (Å²) >= 11 is 0. The van der Waals surface area contributed by atoms with Crippen LogP contribution in [0.4, 0.5) is 8.78 Å². The maximum absolute atomic E-state index is 12.7. The summed E-state index contributed by atoms with van der Waals surface area (Å²) in [5.74, 6) is -2.83. The molecule has 1 rings (SSSR count). The van der Waals surface area contributed by atoms with Gasteiger partial charge in [-0.1, -0.05) is 6.07 Å². The second-order valence-corrected chi connectivity index (χ2v) is 2.58. The molecule has 0 aliphatic carbocycles. The molecule has 0 atom stereocenters. The van der Waals surface area contributed by atoms with E-state index >= 15 is 0 Å². The Labute approximate surface area is 68.2 Å². The zero-order valence-corrected chi connectivity index (χ0v) is 6.63. The molecule has 0 spiro atoms. The van der Waals surface area contributed by atoms with Crippen molar-refractivity contribution in [2.24, 2.45) is 0 Å². The quantitative estimate of drug-likeness (QED) is 0.702. The van der Waals surface area contributed by atoms with Gasteiger partial charge in [-0.25, -0.2) is 4.39 Å². The fourth-order valence-electron chi connectivity index (χ4n) is 0.642. The lowest BCUT2D eigenvalue weighted by molar-refractivity contribution is 0.359. The molecule has 0 heterocycles. The van der Waals surface area contributed by atoms with E-state index in [1.807, 2.05) is 0 Å². The molecule has 3 nitrogen and oxygen atoms in total. The lowest BCUT2D eigenvalue weighted by atomic mass is 10.3. The Bertz CT molecular complexity index is 279. The highest BCUT2D eigenvalue weighted by molar-refractivity contribution is 7.39. The lowest BCUT2D eigenvalue weighted by Crippen LogP contribution is -1.91. The van der Waals surface area contributed by atoms with E-state index in [0.29, 0.717) is 0 Å². The van der Waals surface area contributed by atoms with Gasteiger partial charge in [0.15, 0.2) is 11.6 Å². The van der Waals surface area contributed by atoms with Crippen LogP contribution >= 0.6 is 8.60 Å². The van der Waals surface area contributed by atoms with E-state index < -0.39 is 26.0 Å². The van der Waals surface area contributed by atoms with Crippen LogP contribution in [0.2, 0.25) is 0 Å². The van der Waals surface area contributed by atoms with Crippen molar-refractivity contribution in [2.75, 3.05) is 0 Å². The molecule has 12 heavy (non-hydrogen) atoms. The molecular weight excluding hydrogens is 189 g/mol. The van der Waals surface area contributed by atoms with E-state index in [0.717, 1.165) is 12.1 Å². The fourth-order valence-corrected chi connectivity index (χ4v) is 0.959. The van der Waals surface area contributed by atoms with Crippen LogP contribution in [-0.4, -0.2) is 9.79 Å². The van der Waals surface area contributed by atoms with Crippen LogP contribution in [0, 0.1) is 11.6 Å². The second-order valence-electron chi connectivity index (χ2n) is 1.90. The van der Waals surface area contributed by atoms with E-state index in [-0.39, 0.29) is 0 Å². The normalized spacial score (nSPS) is 10.4. The third-order valence-corrected chi connectivity index (χ3v) is 1.46. The fraction of sp³-hybridized carbons (Fsp3) is 0. The lowest BCUT2D eigenvalue weighted by Gasteiger charge is -2.05. The van der Waals surface area contributed by atoms with E-state index in [1.165, 1.54) is 6.07 Å². The van der Waals surface area contributed by atoms with Crippen LogP contribution in [0.25, 0.3) is 0 Å².